The van der Waals surface area contributed by atoms with Crippen LogP contribution in [-0.4, -0.2) is 23.7 Å². The molecular weight excluding hydrogens is 254 g/mol. The molecule has 0 radical (unpaired) electrons. The monoisotopic (exact) mass is 277 g/mol. The van der Waals surface area contributed by atoms with Crippen LogP contribution in [0.4, 0.5) is 5.69 Å². The molecule has 0 bridgehead atoms. The van der Waals surface area contributed by atoms with Gasteiger partial charge in [0.05, 0.1) is 12.8 Å². The Kier molecular flexibility index (Phi) is 4.53. The van der Waals surface area contributed by atoms with E-state index < -0.39 is 11.5 Å². The van der Waals surface area contributed by atoms with Gasteiger partial charge in [0.25, 0.3) is 0 Å². The van der Waals surface area contributed by atoms with Crippen LogP contribution >= 0.6 is 0 Å². The summed E-state index contributed by atoms with van der Waals surface area (Å²) in [5, 5.41) is 12.9. The van der Waals surface area contributed by atoms with Crippen molar-refractivity contribution in [3.63, 3.8) is 0 Å². The van der Waals surface area contributed by atoms with Crippen LogP contribution in [0.1, 0.15) is 39.0 Å². The van der Waals surface area contributed by atoms with Crippen molar-refractivity contribution in [1.82, 2.24) is 0 Å². The highest BCUT2D eigenvalue weighted by molar-refractivity contribution is 5.83. The number of ether oxygens (including phenoxy) is 1. The van der Waals surface area contributed by atoms with Gasteiger partial charge in [0, 0.05) is 0 Å². The molecule has 1 aromatic carbocycles. The number of para-hydroxylation sites is 2. The average molecular weight is 277 g/mol. The van der Waals surface area contributed by atoms with Crippen molar-refractivity contribution in [3.05, 3.63) is 24.3 Å². The molecule has 4 heteroatoms. The quantitative estimate of drug-likeness (QED) is 0.864. The lowest BCUT2D eigenvalue weighted by atomic mass is 9.75. The normalized spacial score (nSPS) is 26.0. The van der Waals surface area contributed by atoms with Gasteiger partial charge in [-0.05, 0) is 43.7 Å². The summed E-state index contributed by atoms with van der Waals surface area (Å²) in [6.45, 7) is 2.17. The van der Waals surface area contributed by atoms with Crippen molar-refractivity contribution >= 4 is 11.7 Å². The fraction of sp³-hybridized carbons (Fsp3) is 0.562. The van der Waals surface area contributed by atoms with E-state index in [1.807, 2.05) is 24.3 Å². The summed E-state index contributed by atoms with van der Waals surface area (Å²) in [7, 11) is 1.60. The van der Waals surface area contributed by atoms with Crippen LogP contribution in [-0.2, 0) is 4.79 Å². The largest absolute Gasteiger partial charge is 0.495 e. The zero-order chi connectivity index (χ0) is 14.6. The first kappa shape index (κ1) is 14.7. The molecule has 0 atom stereocenters. The molecule has 1 saturated carbocycles. The van der Waals surface area contributed by atoms with Gasteiger partial charge in [0.1, 0.15) is 11.3 Å². The van der Waals surface area contributed by atoms with E-state index in [1.165, 1.54) is 0 Å². The molecule has 2 N–H and O–H groups in total. The second-order valence-electron chi connectivity index (χ2n) is 5.56. The van der Waals surface area contributed by atoms with Gasteiger partial charge in [-0.1, -0.05) is 25.5 Å². The number of hydrogen-bond donors (Lipinski definition) is 2. The van der Waals surface area contributed by atoms with Gasteiger partial charge in [-0.15, -0.1) is 0 Å². The Labute approximate surface area is 120 Å². The highest BCUT2D eigenvalue weighted by atomic mass is 16.5. The van der Waals surface area contributed by atoms with Crippen LogP contribution in [0.3, 0.4) is 0 Å². The first-order valence-corrected chi connectivity index (χ1v) is 7.26. The van der Waals surface area contributed by atoms with Crippen molar-refractivity contribution in [2.24, 2.45) is 5.92 Å². The number of hydrogen-bond acceptors (Lipinski definition) is 3. The summed E-state index contributed by atoms with van der Waals surface area (Å²) in [5.41, 5.74) is -0.104. The van der Waals surface area contributed by atoms with Gasteiger partial charge in [-0.2, -0.15) is 0 Å². The Bertz CT molecular complexity index is 465. The maximum atomic E-state index is 11.8. The molecule has 110 valence electrons. The molecule has 4 nitrogen and oxygen atoms in total. The van der Waals surface area contributed by atoms with Gasteiger partial charge in [-0.25, -0.2) is 4.79 Å². The molecule has 0 unspecified atom stereocenters. The second-order valence-corrected chi connectivity index (χ2v) is 5.56. The number of aliphatic carboxylic acids is 1. The molecule has 1 fully saturated rings. The number of anilines is 1. The predicted octanol–water partition coefficient (Wildman–Crippen LogP) is 3.53. The number of carbonyl (C=O) groups is 1. The minimum absolute atomic E-state index is 0.655. The van der Waals surface area contributed by atoms with Crippen molar-refractivity contribution in [1.29, 1.82) is 0 Å². The lowest BCUT2D eigenvalue weighted by Crippen LogP contribution is -2.49. The van der Waals surface area contributed by atoms with Gasteiger partial charge < -0.3 is 15.2 Å². The second kappa shape index (κ2) is 6.16. The minimum Gasteiger partial charge on any atom is -0.495 e. The van der Waals surface area contributed by atoms with Crippen molar-refractivity contribution < 1.29 is 14.6 Å². The number of carboxylic acids is 1. The standard InChI is InChI=1S/C16H23NO3/c1-3-12-8-10-16(11-9-12,15(18)19)17-13-6-4-5-7-14(13)20-2/h4-7,12,17H,3,8-11H2,1-2H3,(H,18,19). The Morgan fingerprint density at radius 3 is 2.60 bits per heavy atom. The first-order chi connectivity index (χ1) is 9.61. The van der Waals surface area contributed by atoms with Gasteiger partial charge >= 0.3 is 5.97 Å². The number of carboxylic acid groups (broad SMARTS) is 1. The molecule has 0 aliphatic heterocycles. The Morgan fingerprint density at radius 2 is 2.05 bits per heavy atom. The summed E-state index contributed by atoms with van der Waals surface area (Å²) >= 11 is 0. The molecular formula is C16H23NO3. The van der Waals surface area contributed by atoms with E-state index in [4.69, 9.17) is 4.74 Å². The Morgan fingerprint density at radius 1 is 1.40 bits per heavy atom. The Balaban J connectivity index is 2.20. The van der Waals surface area contributed by atoms with Crippen LogP contribution in [0, 0.1) is 5.92 Å². The fourth-order valence-corrected chi connectivity index (χ4v) is 2.98. The molecule has 1 aliphatic carbocycles. The number of rotatable bonds is 5. The maximum Gasteiger partial charge on any atom is 0.329 e. The highest BCUT2D eigenvalue weighted by Crippen LogP contribution is 2.38. The maximum absolute atomic E-state index is 11.8. The fourth-order valence-electron chi connectivity index (χ4n) is 2.98. The topological polar surface area (TPSA) is 58.6 Å². The zero-order valence-electron chi connectivity index (χ0n) is 12.2. The van der Waals surface area contributed by atoms with E-state index in [1.54, 1.807) is 7.11 Å². The van der Waals surface area contributed by atoms with Gasteiger partial charge in [-0.3, -0.25) is 0 Å². The summed E-state index contributed by atoms with van der Waals surface area (Å²) in [6.07, 6.45) is 4.39. The third-order valence-electron chi connectivity index (χ3n) is 4.43. The lowest BCUT2D eigenvalue weighted by molar-refractivity contribution is -0.143. The van der Waals surface area contributed by atoms with Gasteiger partial charge in [0.2, 0.25) is 0 Å². The summed E-state index contributed by atoms with van der Waals surface area (Å²) < 4.78 is 5.30. The van der Waals surface area contributed by atoms with Crippen LogP contribution in [0.5, 0.6) is 5.75 Å². The van der Waals surface area contributed by atoms with Crippen LogP contribution in [0.2, 0.25) is 0 Å². The van der Waals surface area contributed by atoms with Crippen LogP contribution < -0.4 is 10.1 Å². The number of nitrogens with one attached hydrogen (secondary N) is 1. The number of benzene rings is 1. The lowest BCUT2D eigenvalue weighted by Gasteiger charge is -2.38. The van der Waals surface area contributed by atoms with E-state index in [9.17, 15) is 9.90 Å². The molecule has 0 spiro atoms. The van der Waals surface area contributed by atoms with Crippen LogP contribution in [0.15, 0.2) is 24.3 Å². The number of methoxy groups -OCH3 is 1. The Hall–Kier alpha value is -1.71. The zero-order valence-corrected chi connectivity index (χ0v) is 12.2. The average Bonchev–Trinajstić information content (AvgIpc) is 2.48. The van der Waals surface area contributed by atoms with Crippen molar-refractivity contribution in [2.75, 3.05) is 12.4 Å². The van der Waals surface area contributed by atoms with E-state index in [0.717, 1.165) is 24.9 Å². The predicted molar refractivity (Wildman–Crippen MR) is 79.2 cm³/mol. The molecule has 1 aromatic rings. The summed E-state index contributed by atoms with van der Waals surface area (Å²) in [4.78, 5) is 11.8. The van der Waals surface area contributed by atoms with Crippen LogP contribution in [0.25, 0.3) is 0 Å². The smallest absolute Gasteiger partial charge is 0.329 e. The summed E-state index contributed by atoms with van der Waals surface area (Å²) in [6, 6.07) is 7.48. The SMILES string of the molecule is CCC1CCC(Nc2ccccc2OC)(C(=O)O)CC1. The molecule has 0 amide bonds. The molecule has 1 aliphatic rings. The molecule has 2 rings (SSSR count). The molecule has 0 aromatic heterocycles. The molecule has 0 heterocycles. The van der Waals surface area contributed by atoms with E-state index in [-0.39, 0.29) is 0 Å². The molecule has 0 saturated heterocycles. The van der Waals surface area contributed by atoms with Crippen molar-refractivity contribution in [3.8, 4) is 5.75 Å². The van der Waals surface area contributed by atoms with Gasteiger partial charge in [0.15, 0.2) is 0 Å². The third-order valence-corrected chi connectivity index (χ3v) is 4.43. The van der Waals surface area contributed by atoms with E-state index in [0.29, 0.717) is 24.5 Å². The molecule has 20 heavy (non-hydrogen) atoms. The van der Waals surface area contributed by atoms with E-state index in [2.05, 4.69) is 12.2 Å². The van der Waals surface area contributed by atoms with Crippen molar-refractivity contribution in [2.45, 2.75) is 44.6 Å². The minimum atomic E-state index is -0.861. The summed E-state index contributed by atoms with van der Waals surface area (Å²) in [5.74, 6) is 0.575. The van der Waals surface area contributed by atoms with E-state index >= 15 is 0 Å². The third kappa shape index (κ3) is 2.89. The first-order valence-electron chi connectivity index (χ1n) is 7.26. The highest BCUT2D eigenvalue weighted by Gasteiger charge is 2.42.